The summed E-state index contributed by atoms with van der Waals surface area (Å²) < 4.78 is 0. The summed E-state index contributed by atoms with van der Waals surface area (Å²) in [5.74, 6) is 2.24. The van der Waals surface area contributed by atoms with E-state index >= 15 is 0 Å². The first-order valence-electron chi connectivity index (χ1n) is 7.60. The molecule has 2 heterocycles. The molecule has 96 valence electrons. The lowest BCUT2D eigenvalue weighted by Gasteiger charge is -2.50. The van der Waals surface area contributed by atoms with Crippen molar-refractivity contribution in [3.8, 4) is 0 Å². The third-order valence-corrected chi connectivity index (χ3v) is 5.57. The van der Waals surface area contributed by atoms with Gasteiger partial charge in [-0.2, -0.15) is 0 Å². The summed E-state index contributed by atoms with van der Waals surface area (Å²) in [5.41, 5.74) is 0. The maximum Gasteiger partial charge on any atom is 0.0351 e. The third kappa shape index (κ3) is 1.92. The van der Waals surface area contributed by atoms with Gasteiger partial charge in [0.1, 0.15) is 0 Å². The molecule has 3 atom stereocenters. The van der Waals surface area contributed by atoms with Crippen LogP contribution in [-0.2, 0) is 0 Å². The number of piperazine rings is 1. The molecule has 0 aromatic heterocycles. The Kier molecular flexibility index (Phi) is 2.67. The minimum absolute atomic E-state index is 0.885. The summed E-state index contributed by atoms with van der Waals surface area (Å²) in [6, 6.07) is 1.86. The molecule has 4 aliphatic rings. The van der Waals surface area contributed by atoms with Crippen molar-refractivity contribution >= 4 is 0 Å². The highest BCUT2D eigenvalue weighted by atomic mass is 15.3. The molecular weight excluding hydrogens is 210 g/mol. The monoisotopic (exact) mass is 235 g/mol. The normalized spacial score (nSPS) is 44.1. The van der Waals surface area contributed by atoms with Crippen LogP contribution in [0.5, 0.6) is 0 Å². The van der Waals surface area contributed by atoms with Crippen molar-refractivity contribution in [2.45, 2.75) is 37.8 Å². The van der Waals surface area contributed by atoms with Gasteiger partial charge in [-0.3, -0.25) is 9.80 Å². The zero-order chi connectivity index (χ0) is 11.2. The standard InChI is InChI=1S/C14H25N3/c1-2-11-8-13(11)14(3-1)17-9-12(10-17)16-6-4-15-5-7-16/h11-15H,1-10H2. The van der Waals surface area contributed by atoms with E-state index in [0.717, 1.165) is 23.9 Å². The lowest BCUT2D eigenvalue weighted by atomic mass is 9.90. The van der Waals surface area contributed by atoms with Crippen molar-refractivity contribution in [3.05, 3.63) is 0 Å². The van der Waals surface area contributed by atoms with Crippen molar-refractivity contribution in [2.75, 3.05) is 39.3 Å². The van der Waals surface area contributed by atoms with Crippen LogP contribution >= 0.6 is 0 Å². The highest BCUT2D eigenvalue weighted by Crippen LogP contribution is 2.52. The average molecular weight is 235 g/mol. The lowest BCUT2D eigenvalue weighted by molar-refractivity contribution is -0.0146. The zero-order valence-corrected chi connectivity index (χ0v) is 10.8. The van der Waals surface area contributed by atoms with Crippen LogP contribution < -0.4 is 5.32 Å². The Balaban J connectivity index is 1.29. The van der Waals surface area contributed by atoms with Crippen LogP contribution in [0.1, 0.15) is 25.7 Å². The van der Waals surface area contributed by atoms with E-state index in [1.807, 2.05) is 0 Å². The van der Waals surface area contributed by atoms with Crippen LogP contribution in [0.2, 0.25) is 0 Å². The smallest absolute Gasteiger partial charge is 0.0351 e. The zero-order valence-electron chi connectivity index (χ0n) is 10.8. The van der Waals surface area contributed by atoms with Gasteiger partial charge in [0.25, 0.3) is 0 Å². The van der Waals surface area contributed by atoms with Crippen molar-refractivity contribution in [3.63, 3.8) is 0 Å². The first-order valence-corrected chi connectivity index (χ1v) is 7.60. The van der Waals surface area contributed by atoms with E-state index in [1.165, 1.54) is 58.5 Å². The van der Waals surface area contributed by atoms with Gasteiger partial charge in [0.05, 0.1) is 0 Å². The second-order valence-electron chi connectivity index (χ2n) is 6.55. The average Bonchev–Trinajstić information content (AvgIpc) is 3.08. The number of hydrogen-bond donors (Lipinski definition) is 1. The van der Waals surface area contributed by atoms with E-state index in [9.17, 15) is 0 Å². The molecule has 0 amide bonds. The molecule has 4 rings (SSSR count). The second kappa shape index (κ2) is 4.22. The SMILES string of the molecule is C1CC2CC2C(N2CC(N3CCNCC3)C2)C1. The summed E-state index contributed by atoms with van der Waals surface area (Å²) in [6.45, 7) is 7.68. The van der Waals surface area contributed by atoms with Gasteiger partial charge in [0, 0.05) is 51.4 Å². The quantitative estimate of drug-likeness (QED) is 0.762. The Labute approximate surface area is 105 Å². The molecule has 0 bridgehead atoms. The van der Waals surface area contributed by atoms with E-state index in [4.69, 9.17) is 0 Å². The largest absolute Gasteiger partial charge is 0.314 e. The van der Waals surface area contributed by atoms with E-state index in [2.05, 4.69) is 15.1 Å². The molecular formula is C14H25N3. The molecule has 2 aliphatic carbocycles. The van der Waals surface area contributed by atoms with Crippen molar-refractivity contribution in [2.24, 2.45) is 11.8 Å². The Morgan fingerprint density at radius 2 is 1.76 bits per heavy atom. The van der Waals surface area contributed by atoms with E-state index in [1.54, 1.807) is 6.42 Å². The molecule has 3 unspecified atom stereocenters. The van der Waals surface area contributed by atoms with Crippen LogP contribution in [0.3, 0.4) is 0 Å². The highest BCUT2D eigenvalue weighted by Gasteiger charge is 2.49. The molecule has 0 aromatic rings. The molecule has 0 aromatic carbocycles. The van der Waals surface area contributed by atoms with Crippen molar-refractivity contribution in [1.29, 1.82) is 0 Å². The Bertz CT molecular complexity index is 281. The minimum atomic E-state index is 0.885. The van der Waals surface area contributed by atoms with Gasteiger partial charge in [-0.05, 0) is 24.7 Å². The van der Waals surface area contributed by atoms with Gasteiger partial charge in [-0.25, -0.2) is 0 Å². The molecule has 2 saturated heterocycles. The number of rotatable bonds is 2. The van der Waals surface area contributed by atoms with Crippen LogP contribution in [0.4, 0.5) is 0 Å². The number of fused-ring (bicyclic) bond motifs is 1. The van der Waals surface area contributed by atoms with Gasteiger partial charge < -0.3 is 5.32 Å². The first-order chi connectivity index (χ1) is 8.42. The first kappa shape index (κ1) is 10.8. The van der Waals surface area contributed by atoms with Gasteiger partial charge in [0.15, 0.2) is 0 Å². The lowest BCUT2D eigenvalue weighted by Crippen LogP contribution is -2.65. The summed E-state index contributed by atoms with van der Waals surface area (Å²) >= 11 is 0. The summed E-state index contributed by atoms with van der Waals surface area (Å²) in [4.78, 5) is 5.51. The Hall–Kier alpha value is -0.120. The van der Waals surface area contributed by atoms with Crippen LogP contribution in [-0.4, -0.2) is 61.2 Å². The van der Waals surface area contributed by atoms with E-state index in [0.29, 0.717) is 0 Å². The predicted octanol–water partition coefficient (Wildman–Crippen LogP) is 0.764. The molecule has 3 nitrogen and oxygen atoms in total. The van der Waals surface area contributed by atoms with Crippen LogP contribution in [0.25, 0.3) is 0 Å². The fourth-order valence-electron chi connectivity index (χ4n) is 4.37. The molecule has 0 radical (unpaired) electrons. The fourth-order valence-corrected chi connectivity index (χ4v) is 4.37. The van der Waals surface area contributed by atoms with Crippen LogP contribution in [0, 0.1) is 11.8 Å². The highest BCUT2D eigenvalue weighted by molar-refractivity contribution is 5.03. The Morgan fingerprint density at radius 1 is 0.941 bits per heavy atom. The van der Waals surface area contributed by atoms with E-state index < -0.39 is 0 Å². The molecule has 4 fully saturated rings. The molecule has 2 saturated carbocycles. The van der Waals surface area contributed by atoms with Crippen molar-refractivity contribution < 1.29 is 0 Å². The number of nitrogens with zero attached hydrogens (tertiary/aromatic N) is 2. The summed E-state index contributed by atoms with van der Waals surface area (Å²) in [5, 5.41) is 3.45. The fraction of sp³-hybridized carbons (Fsp3) is 1.00. The van der Waals surface area contributed by atoms with Crippen molar-refractivity contribution in [1.82, 2.24) is 15.1 Å². The molecule has 17 heavy (non-hydrogen) atoms. The number of likely N-dealkylation sites (tertiary alicyclic amines) is 1. The molecule has 1 N–H and O–H groups in total. The topological polar surface area (TPSA) is 18.5 Å². The summed E-state index contributed by atoms with van der Waals surface area (Å²) in [7, 11) is 0. The maximum absolute atomic E-state index is 3.45. The Morgan fingerprint density at radius 3 is 2.59 bits per heavy atom. The number of nitrogens with one attached hydrogen (secondary N) is 1. The van der Waals surface area contributed by atoms with E-state index in [-0.39, 0.29) is 0 Å². The molecule has 2 aliphatic heterocycles. The predicted molar refractivity (Wildman–Crippen MR) is 69.0 cm³/mol. The maximum atomic E-state index is 3.45. The van der Waals surface area contributed by atoms with Gasteiger partial charge >= 0.3 is 0 Å². The van der Waals surface area contributed by atoms with Gasteiger partial charge in [-0.1, -0.05) is 12.8 Å². The minimum Gasteiger partial charge on any atom is -0.314 e. The third-order valence-electron chi connectivity index (χ3n) is 5.57. The van der Waals surface area contributed by atoms with Gasteiger partial charge in [0.2, 0.25) is 0 Å². The van der Waals surface area contributed by atoms with Gasteiger partial charge in [-0.15, -0.1) is 0 Å². The van der Waals surface area contributed by atoms with Crippen LogP contribution in [0.15, 0.2) is 0 Å². The second-order valence-corrected chi connectivity index (χ2v) is 6.55. The summed E-state index contributed by atoms with van der Waals surface area (Å²) in [6.07, 6.45) is 6.09. The molecule has 3 heteroatoms. The number of hydrogen-bond acceptors (Lipinski definition) is 3. The molecule has 0 spiro atoms.